The lowest BCUT2D eigenvalue weighted by molar-refractivity contribution is -0.138. The number of carbonyl (C=O) groups excluding carboxylic acids is 1. The molecule has 2 N–H and O–H groups in total. The molecule has 0 spiro atoms. The highest BCUT2D eigenvalue weighted by Gasteiger charge is 2.39. The molecule has 5 heteroatoms. The largest absolute Gasteiger partial charge is 0.378 e. The second-order valence-electron chi connectivity index (χ2n) is 6.05. The lowest BCUT2D eigenvalue weighted by atomic mass is 9.94. The smallest absolute Gasteiger partial charge is 0.236 e. The number of ether oxygens (including phenoxy) is 1. The number of rotatable bonds is 6. The molecule has 1 aliphatic heterocycles. The van der Waals surface area contributed by atoms with Crippen LogP contribution in [0.15, 0.2) is 0 Å². The molecule has 5 nitrogen and oxygen atoms in total. The maximum absolute atomic E-state index is 12.5. The average Bonchev–Trinajstić information content (AvgIpc) is 2.98. The number of nitrogens with two attached hydrogens (primary N) is 1. The van der Waals surface area contributed by atoms with E-state index in [1.807, 2.05) is 4.90 Å². The zero-order chi connectivity index (χ0) is 14.4. The van der Waals surface area contributed by atoms with Gasteiger partial charge in [-0.15, -0.1) is 0 Å². The fourth-order valence-corrected chi connectivity index (χ4v) is 3.51. The summed E-state index contributed by atoms with van der Waals surface area (Å²) in [6.45, 7) is 7.12. The molecule has 0 radical (unpaired) electrons. The van der Waals surface area contributed by atoms with E-state index in [1.165, 1.54) is 12.8 Å². The highest BCUT2D eigenvalue weighted by molar-refractivity contribution is 5.78. The first-order valence-corrected chi connectivity index (χ1v) is 8.02. The highest BCUT2D eigenvalue weighted by Crippen LogP contribution is 2.34. The molecule has 0 bridgehead atoms. The van der Waals surface area contributed by atoms with Crippen LogP contribution in [0.5, 0.6) is 0 Å². The topological polar surface area (TPSA) is 58.8 Å². The van der Waals surface area contributed by atoms with Crippen molar-refractivity contribution in [2.24, 2.45) is 5.73 Å². The van der Waals surface area contributed by atoms with E-state index >= 15 is 0 Å². The minimum atomic E-state index is 0.0674. The van der Waals surface area contributed by atoms with Crippen LogP contribution in [0.3, 0.4) is 0 Å². The minimum Gasteiger partial charge on any atom is -0.378 e. The number of amides is 1. The van der Waals surface area contributed by atoms with Crippen LogP contribution in [0.25, 0.3) is 0 Å². The van der Waals surface area contributed by atoms with E-state index in [-0.39, 0.29) is 11.4 Å². The second kappa shape index (κ2) is 7.38. The Bertz CT molecular complexity index is 310. The molecule has 1 aliphatic carbocycles. The molecule has 1 heterocycles. The Labute approximate surface area is 122 Å². The third kappa shape index (κ3) is 3.51. The summed E-state index contributed by atoms with van der Waals surface area (Å²) in [7, 11) is 0. The van der Waals surface area contributed by atoms with Crippen LogP contribution in [-0.2, 0) is 9.53 Å². The zero-order valence-corrected chi connectivity index (χ0v) is 12.8. The third-order valence-corrected chi connectivity index (χ3v) is 4.77. The number of nitrogens with zero attached hydrogens (tertiary/aromatic N) is 2. The molecule has 0 unspecified atom stereocenters. The van der Waals surface area contributed by atoms with Gasteiger partial charge in [-0.25, -0.2) is 0 Å². The first kappa shape index (κ1) is 15.7. The van der Waals surface area contributed by atoms with Gasteiger partial charge in [-0.2, -0.15) is 0 Å². The minimum absolute atomic E-state index is 0.0674. The maximum Gasteiger partial charge on any atom is 0.236 e. The molecule has 0 atom stereocenters. The van der Waals surface area contributed by atoms with E-state index in [0.29, 0.717) is 26.3 Å². The fourth-order valence-electron chi connectivity index (χ4n) is 3.51. The number of hydrogen-bond acceptors (Lipinski definition) is 4. The van der Waals surface area contributed by atoms with Gasteiger partial charge in [0.1, 0.15) is 0 Å². The van der Waals surface area contributed by atoms with E-state index in [4.69, 9.17) is 10.5 Å². The first-order valence-electron chi connectivity index (χ1n) is 8.02. The Balaban J connectivity index is 1.98. The Morgan fingerprint density at radius 2 is 1.95 bits per heavy atom. The van der Waals surface area contributed by atoms with Crippen molar-refractivity contribution in [1.82, 2.24) is 9.80 Å². The second-order valence-corrected chi connectivity index (χ2v) is 6.05. The van der Waals surface area contributed by atoms with Gasteiger partial charge < -0.3 is 15.4 Å². The molecule has 2 aliphatic rings. The third-order valence-electron chi connectivity index (χ3n) is 4.77. The Kier molecular flexibility index (Phi) is 5.81. The molecule has 1 amide bonds. The van der Waals surface area contributed by atoms with Crippen molar-refractivity contribution in [3.8, 4) is 0 Å². The van der Waals surface area contributed by atoms with Crippen LogP contribution >= 0.6 is 0 Å². The van der Waals surface area contributed by atoms with Crippen molar-refractivity contribution < 1.29 is 9.53 Å². The van der Waals surface area contributed by atoms with Crippen LogP contribution in [-0.4, -0.2) is 67.2 Å². The van der Waals surface area contributed by atoms with Crippen LogP contribution in [0.2, 0.25) is 0 Å². The van der Waals surface area contributed by atoms with Gasteiger partial charge in [0.25, 0.3) is 0 Å². The van der Waals surface area contributed by atoms with Crippen molar-refractivity contribution in [2.75, 3.05) is 45.9 Å². The van der Waals surface area contributed by atoms with Gasteiger partial charge in [-0.05, 0) is 25.8 Å². The van der Waals surface area contributed by atoms with E-state index in [2.05, 4.69) is 11.8 Å². The van der Waals surface area contributed by atoms with Crippen molar-refractivity contribution >= 4 is 5.91 Å². The summed E-state index contributed by atoms with van der Waals surface area (Å²) < 4.78 is 5.32. The van der Waals surface area contributed by atoms with Gasteiger partial charge in [0.2, 0.25) is 5.91 Å². The standard InChI is InChI=1S/C15H29N3O2/c1-2-7-18(15(13-16)5-3-4-6-15)12-14(19)17-8-10-20-11-9-17/h2-13,16H2,1H3. The van der Waals surface area contributed by atoms with Gasteiger partial charge in [-0.1, -0.05) is 19.8 Å². The monoisotopic (exact) mass is 283 g/mol. The molecule has 1 saturated heterocycles. The van der Waals surface area contributed by atoms with Gasteiger partial charge >= 0.3 is 0 Å². The molecular weight excluding hydrogens is 254 g/mol. The molecule has 20 heavy (non-hydrogen) atoms. The molecule has 0 aromatic heterocycles. The van der Waals surface area contributed by atoms with E-state index in [0.717, 1.165) is 38.9 Å². The lowest BCUT2D eigenvalue weighted by Crippen LogP contribution is -2.56. The number of hydrogen-bond donors (Lipinski definition) is 1. The van der Waals surface area contributed by atoms with Crippen LogP contribution in [0.4, 0.5) is 0 Å². The first-order chi connectivity index (χ1) is 9.72. The summed E-state index contributed by atoms with van der Waals surface area (Å²) >= 11 is 0. The molecule has 0 aromatic carbocycles. The van der Waals surface area contributed by atoms with Crippen molar-refractivity contribution in [3.63, 3.8) is 0 Å². The summed E-state index contributed by atoms with van der Waals surface area (Å²) in [5.74, 6) is 0.237. The molecular formula is C15H29N3O2. The van der Waals surface area contributed by atoms with E-state index < -0.39 is 0 Å². The molecule has 2 fully saturated rings. The summed E-state index contributed by atoms with van der Waals surface area (Å²) in [5.41, 5.74) is 6.13. The predicted octanol–water partition coefficient (Wildman–Crippen LogP) is 0.829. The van der Waals surface area contributed by atoms with Crippen LogP contribution in [0.1, 0.15) is 39.0 Å². The van der Waals surface area contributed by atoms with Crippen LogP contribution < -0.4 is 5.73 Å². The summed E-state index contributed by atoms with van der Waals surface area (Å²) in [6.07, 6.45) is 5.82. The van der Waals surface area contributed by atoms with Crippen molar-refractivity contribution in [2.45, 2.75) is 44.6 Å². The Hall–Kier alpha value is -0.650. The predicted molar refractivity (Wildman–Crippen MR) is 79.5 cm³/mol. The normalized spacial score (nSPS) is 22.4. The average molecular weight is 283 g/mol. The Morgan fingerprint density at radius 3 is 2.50 bits per heavy atom. The molecule has 116 valence electrons. The summed E-state index contributed by atoms with van der Waals surface area (Å²) in [5, 5.41) is 0. The van der Waals surface area contributed by atoms with Gasteiger partial charge in [0.15, 0.2) is 0 Å². The van der Waals surface area contributed by atoms with Gasteiger partial charge in [0.05, 0.1) is 19.8 Å². The summed E-state index contributed by atoms with van der Waals surface area (Å²) in [6, 6.07) is 0. The number of morpholine rings is 1. The van der Waals surface area contributed by atoms with Gasteiger partial charge in [0, 0.05) is 25.2 Å². The molecule has 1 saturated carbocycles. The molecule has 0 aromatic rings. The van der Waals surface area contributed by atoms with Crippen molar-refractivity contribution in [3.05, 3.63) is 0 Å². The van der Waals surface area contributed by atoms with E-state index in [9.17, 15) is 4.79 Å². The van der Waals surface area contributed by atoms with Crippen molar-refractivity contribution in [1.29, 1.82) is 0 Å². The van der Waals surface area contributed by atoms with E-state index in [1.54, 1.807) is 0 Å². The lowest BCUT2D eigenvalue weighted by Gasteiger charge is -2.41. The molecule has 2 rings (SSSR count). The van der Waals surface area contributed by atoms with Gasteiger partial charge in [-0.3, -0.25) is 9.69 Å². The highest BCUT2D eigenvalue weighted by atomic mass is 16.5. The zero-order valence-electron chi connectivity index (χ0n) is 12.8. The quantitative estimate of drug-likeness (QED) is 0.784. The number of carbonyl (C=O) groups is 1. The maximum atomic E-state index is 12.5. The fraction of sp³-hybridized carbons (Fsp3) is 0.933. The van der Waals surface area contributed by atoms with Crippen LogP contribution in [0, 0.1) is 0 Å². The SMILES string of the molecule is CCCN(CC(=O)N1CCOCC1)C1(CN)CCCC1. The summed E-state index contributed by atoms with van der Waals surface area (Å²) in [4.78, 5) is 16.8. The Morgan fingerprint density at radius 1 is 1.30 bits per heavy atom.